The van der Waals surface area contributed by atoms with Gasteiger partial charge < -0.3 is 18.9 Å². The quantitative estimate of drug-likeness (QED) is 0.0170. The number of aryl methyl sites for hydroxylation is 4. The van der Waals surface area contributed by atoms with Gasteiger partial charge in [-0.3, -0.25) is 14.5 Å². The predicted molar refractivity (Wildman–Crippen MR) is 310 cm³/mol. The van der Waals surface area contributed by atoms with Crippen molar-refractivity contribution in [1.29, 1.82) is 0 Å². The molecular formula is C68H83NO8. The molecule has 408 valence electrons. The zero-order valence-electron chi connectivity index (χ0n) is 46.4. The van der Waals surface area contributed by atoms with Crippen molar-refractivity contribution in [2.45, 2.75) is 169 Å². The Morgan fingerprint density at radius 3 is 0.987 bits per heavy atom. The van der Waals surface area contributed by atoms with Crippen molar-refractivity contribution >= 4 is 23.8 Å². The summed E-state index contributed by atoms with van der Waals surface area (Å²) in [6, 6.07) is 44.2. The third-order valence-corrected chi connectivity index (χ3v) is 14.1. The molecule has 9 heteroatoms. The number of amides is 2. The summed E-state index contributed by atoms with van der Waals surface area (Å²) in [5.41, 5.74) is 6.19. The van der Waals surface area contributed by atoms with E-state index in [1.807, 2.05) is 128 Å². The van der Waals surface area contributed by atoms with Crippen LogP contribution < -0.4 is 18.9 Å². The number of nitrogens with zero attached hydrogens (tertiary/aromatic N) is 1. The maximum atomic E-state index is 14.3. The van der Waals surface area contributed by atoms with Gasteiger partial charge in [0.2, 0.25) is 0 Å². The van der Waals surface area contributed by atoms with Gasteiger partial charge in [-0.2, -0.15) is 0 Å². The molecule has 2 amide bonds. The predicted octanol–water partition coefficient (Wildman–Crippen LogP) is 16.8. The normalized spacial score (nSPS) is 11.4. The molecule has 0 bridgehead atoms. The maximum Gasteiger partial charge on any atom is 0.343 e. The van der Waals surface area contributed by atoms with Gasteiger partial charge in [-0.25, -0.2) is 9.59 Å². The van der Waals surface area contributed by atoms with Crippen LogP contribution in [0, 0.1) is 0 Å². The summed E-state index contributed by atoms with van der Waals surface area (Å²) in [7, 11) is 0. The van der Waals surface area contributed by atoms with Crippen LogP contribution in [-0.2, 0) is 25.7 Å². The molecule has 0 fully saturated rings. The third kappa shape index (κ3) is 20.5. The second kappa shape index (κ2) is 33.2. The van der Waals surface area contributed by atoms with Gasteiger partial charge in [0.1, 0.15) is 23.0 Å². The minimum atomic E-state index is -0.420. The van der Waals surface area contributed by atoms with Crippen LogP contribution in [0.4, 0.5) is 0 Å². The molecule has 1 atom stereocenters. The van der Waals surface area contributed by atoms with Crippen LogP contribution in [0.1, 0.15) is 201 Å². The van der Waals surface area contributed by atoms with E-state index in [4.69, 9.17) is 18.9 Å². The summed E-state index contributed by atoms with van der Waals surface area (Å²) in [5.74, 6) is 0.999. The third-order valence-electron chi connectivity index (χ3n) is 14.1. The number of carbonyl (C=O) groups is 4. The molecule has 0 aromatic heterocycles. The highest BCUT2D eigenvalue weighted by Crippen LogP contribution is 2.24. The topological polar surface area (TPSA) is 108 Å². The number of hydrogen-bond donors (Lipinski definition) is 0. The maximum absolute atomic E-state index is 14.3. The zero-order valence-corrected chi connectivity index (χ0v) is 46.4. The van der Waals surface area contributed by atoms with Crippen molar-refractivity contribution in [3.8, 4) is 23.0 Å². The first-order valence-corrected chi connectivity index (χ1v) is 28.8. The molecule has 77 heavy (non-hydrogen) atoms. The van der Waals surface area contributed by atoms with Crippen LogP contribution in [0.3, 0.4) is 0 Å². The van der Waals surface area contributed by atoms with E-state index in [2.05, 4.69) is 20.8 Å². The molecule has 0 heterocycles. The molecule has 0 aliphatic rings. The fourth-order valence-electron chi connectivity index (χ4n) is 9.27. The lowest BCUT2D eigenvalue weighted by atomic mass is 10.0. The van der Waals surface area contributed by atoms with Gasteiger partial charge in [-0.15, -0.1) is 0 Å². The van der Waals surface area contributed by atoms with Gasteiger partial charge in [-0.05, 0) is 171 Å². The minimum absolute atomic E-state index is 0.282. The van der Waals surface area contributed by atoms with Crippen LogP contribution in [0.2, 0.25) is 0 Å². The molecule has 0 unspecified atom stereocenters. The monoisotopic (exact) mass is 1040 g/mol. The van der Waals surface area contributed by atoms with Gasteiger partial charge in [-0.1, -0.05) is 159 Å². The minimum Gasteiger partial charge on any atom is -0.494 e. The van der Waals surface area contributed by atoms with E-state index in [1.165, 1.54) is 69.1 Å². The lowest BCUT2D eigenvalue weighted by molar-refractivity contribution is 0.0546. The first kappa shape index (κ1) is 59.2. The molecule has 0 spiro atoms. The molecule has 0 aliphatic carbocycles. The number of esters is 2. The van der Waals surface area contributed by atoms with Crippen LogP contribution in [0.25, 0.3) is 0 Å². The van der Waals surface area contributed by atoms with Crippen LogP contribution in [-0.4, -0.2) is 47.9 Å². The Morgan fingerprint density at radius 1 is 0.351 bits per heavy atom. The van der Waals surface area contributed by atoms with E-state index in [1.54, 1.807) is 24.3 Å². The molecule has 9 nitrogen and oxygen atoms in total. The SMILES string of the molecule is CCCCCCCCOc1ccc(C(=O)Oc2ccc(CCc3ccc(C(=O)N(C(=O)c4ccc(CCc5ccc(OC(=O)c6ccc(OCCCCCCCC)cc6)cc5)cc4)[C@@H](C)CCCCCC)cc3)cc2)cc1. The zero-order chi connectivity index (χ0) is 54.5. The number of rotatable bonds is 34. The average molecular weight is 1040 g/mol. The van der Waals surface area contributed by atoms with Gasteiger partial charge >= 0.3 is 11.9 Å². The van der Waals surface area contributed by atoms with Gasteiger partial charge in [0.15, 0.2) is 0 Å². The molecule has 0 N–H and O–H groups in total. The van der Waals surface area contributed by atoms with E-state index in [-0.39, 0.29) is 17.9 Å². The summed E-state index contributed by atoms with van der Waals surface area (Å²) in [6.07, 6.45) is 22.4. The van der Waals surface area contributed by atoms with Gasteiger partial charge in [0, 0.05) is 17.2 Å². The Kier molecular flexibility index (Phi) is 25.6. The van der Waals surface area contributed by atoms with Crippen molar-refractivity contribution in [1.82, 2.24) is 4.90 Å². The number of ether oxygens (including phenoxy) is 4. The molecule has 6 rings (SSSR count). The van der Waals surface area contributed by atoms with Crippen molar-refractivity contribution in [2.24, 2.45) is 0 Å². The second-order valence-corrected chi connectivity index (χ2v) is 20.4. The number of unbranched alkanes of at least 4 members (excludes halogenated alkanes) is 13. The summed E-state index contributed by atoms with van der Waals surface area (Å²) >= 11 is 0. The molecule has 6 aromatic carbocycles. The van der Waals surface area contributed by atoms with E-state index < -0.39 is 11.9 Å². The Hall–Kier alpha value is -7.00. The molecule has 0 saturated carbocycles. The number of hydrogen-bond acceptors (Lipinski definition) is 8. The summed E-state index contributed by atoms with van der Waals surface area (Å²) in [4.78, 5) is 55.8. The Morgan fingerprint density at radius 2 is 0.636 bits per heavy atom. The largest absolute Gasteiger partial charge is 0.494 e. The lowest BCUT2D eigenvalue weighted by Gasteiger charge is -2.28. The second-order valence-electron chi connectivity index (χ2n) is 20.4. The fourth-order valence-corrected chi connectivity index (χ4v) is 9.27. The lowest BCUT2D eigenvalue weighted by Crippen LogP contribution is -2.43. The van der Waals surface area contributed by atoms with Crippen LogP contribution >= 0.6 is 0 Å². The van der Waals surface area contributed by atoms with Crippen LogP contribution in [0.5, 0.6) is 23.0 Å². The molecule has 0 saturated heterocycles. The summed E-state index contributed by atoms with van der Waals surface area (Å²) in [5, 5.41) is 0. The molecule has 0 aliphatic heterocycles. The smallest absolute Gasteiger partial charge is 0.343 e. The highest BCUT2D eigenvalue weighted by atomic mass is 16.5. The Labute approximate surface area is 459 Å². The number of benzene rings is 6. The van der Waals surface area contributed by atoms with Crippen molar-refractivity contribution in [3.63, 3.8) is 0 Å². The summed E-state index contributed by atoms with van der Waals surface area (Å²) in [6.45, 7) is 9.92. The first-order valence-electron chi connectivity index (χ1n) is 28.8. The van der Waals surface area contributed by atoms with Crippen molar-refractivity contribution < 1.29 is 38.1 Å². The molecule has 0 radical (unpaired) electrons. The van der Waals surface area contributed by atoms with E-state index in [0.29, 0.717) is 47.0 Å². The average Bonchev–Trinajstić information content (AvgIpc) is 3.46. The summed E-state index contributed by atoms with van der Waals surface area (Å²) < 4.78 is 23.1. The van der Waals surface area contributed by atoms with Crippen molar-refractivity contribution in [3.05, 3.63) is 190 Å². The Balaban J connectivity index is 0.959. The van der Waals surface area contributed by atoms with Crippen LogP contribution in [0.15, 0.2) is 146 Å². The van der Waals surface area contributed by atoms with Crippen molar-refractivity contribution in [2.75, 3.05) is 13.2 Å². The van der Waals surface area contributed by atoms with E-state index in [0.717, 1.165) is 104 Å². The first-order chi connectivity index (χ1) is 37.6. The molecule has 6 aromatic rings. The highest BCUT2D eigenvalue weighted by Gasteiger charge is 2.29. The fraction of sp³-hybridized carbons (Fsp3) is 0.412. The molecular weight excluding hydrogens is 959 g/mol. The Bertz CT molecular complexity index is 2480. The van der Waals surface area contributed by atoms with Gasteiger partial charge in [0.05, 0.1) is 24.3 Å². The number of carbonyl (C=O) groups excluding carboxylic acids is 4. The highest BCUT2D eigenvalue weighted by molar-refractivity contribution is 6.10. The van der Waals surface area contributed by atoms with E-state index in [9.17, 15) is 19.2 Å². The van der Waals surface area contributed by atoms with Gasteiger partial charge in [0.25, 0.3) is 11.8 Å². The standard InChI is InChI=1S/C68H83NO8/c1-5-8-11-14-16-19-50-74-61-46-38-59(39-47-61)67(72)76-63-42-30-55(31-43-63)24-22-53-26-34-57(35-27-53)65(70)69(52(4)21-18-13-10-7-3)66(71)58-36-28-54(29-37-58)23-25-56-32-44-64(45-33-56)77-68(73)60-40-48-62(49-41-60)75-51-20-17-15-12-9-6-2/h26-49,52H,5-25,50-51H2,1-4H3/t52-/m0/s1. The number of imide groups is 1. The van der Waals surface area contributed by atoms with E-state index >= 15 is 0 Å².